The maximum absolute atomic E-state index is 12.2. The van der Waals surface area contributed by atoms with Crippen molar-refractivity contribution in [3.8, 4) is 0 Å². The number of carbonyl (C=O) groups is 1. The average Bonchev–Trinajstić information content (AvgIpc) is 2.67. The molecule has 2 rings (SSSR count). The van der Waals surface area contributed by atoms with Crippen molar-refractivity contribution in [3.05, 3.63) is 23.0 Å². The molecule has 20 heavy (non-hydrogen) atoms. The maximum atomic E-state index is 12.2. The van der Waals surface area contributed by atoms with Gasteiger partial charge in [-0.3, -0.25) is 0 Å². The number of nitrogens with zero attached hydrogens (tertiary/aromatic N) is 1. The molecule has 0 aliphatic carbocycles. The summed E-state index contributed by atoms with van der Waals surface area (Å²) in [6.07, 6.45) is 1.79. The van der Waals surface area contributed by atoms with Gasteiger partial charge in [-0.2, -0.15) is 0 Å². The molecule has 1 amide bonds. The molecular formula is C15H25N3O2. The Morgan fingerprint density at radius 3 is 2.65 bits per heavy atom. The highest BCUT2D eigenvalue weighted by Gasteiger charge is 2.29. The first kappa shape index (κ1) is 14.9. The summed E-state index contributed by atoms with van der Waals surface area (Å²) in [5.74, 6) is 0. The van der Waals surface area contributed by atoms with Crippen LogP contribution in [0.1, 0.15) is 43.6 Å². The molecule has 0 spiro atoms. The summed E-state index contributed by atoms with van der Waals surface area (Å²) in [5, 5.41) is 3.48. The van der Waals surface area contributed by atoms with E-state index in [9.17, 15) is 4.79 Å². The Labute approximate surface area is 120 Å². The summed E-state index contributed by atoms with van der Waals surface area (Å²) in [7, 11) is 0. The van der Waals surface area contributed by atoms with Crippen LogP contribution in [0.5, 0.6) is 0 Å². The molecule has 2 N–H and O–H groups in total. The minimum absolute atomic E-state index is 0.169. The lowest BCUT2D eigenvalue weighted by atomic mass is 10.0. The number of aryl methyl sites for hydroxylation is 2. The van der Waals surface area contributed by atoms with E-state index in [1.165, 1.54) is 11.1 Å². The summed E-state index contributed by atoms with van der Waals surface area (Å²) in [5.41, 5.74) is 3.20. The Morgan fingerprint density at radius 1 is 1.40 bits per heavy atom. The van der Waals surface area contributed by atoms with Crippen molar-refractivity contribution in [3.63, 3.8) is 0 Å². The molecule has 0 saturated carbocycles. The van der Waals surface area contributed by atoms with Gasteiger partial charge in [-0.25, -0.2) is 4.79 Å². The molecule has 1 atom stereocenters. The predicted octanol–water partition coefficient (Wildman–Crippen LogP) is 2.51. The molecule has 5 heteroatoms. The number of nitrogens with one attached hydrogen (secondary N) is 2. The van der Waals surface area contributed by atoms with Gasteiger partial charge in [-0.05, 0) is 45.7 Å². The van der Waals surface area contributed by atoms with Crippen molar-refractivity contribution in [2.45, 2.75) is 46.3 Å². The van der Waals surface area contributed by atoms with E-state index in [2.05, 4.69) is 24.1 Å². The number of hydrogen-bond acceptors (Lipinski definition) is 3. The summed E-state index contributed by atoms with van der Waals surface area (Å²) >= 11 is 0. The number of ether oxygens (including phenoxy) is 1. The lowest BCUT2D eigenvalue weighted by Crippen LogP contribution is -2.49. The van der Waals surface area contributed by atoms with Gasteiger partial charge in [0.2, 0.25) is 0 Å². The van der Waals surface area contributed by atoms with E-state index < -0.39 is 5.60 Å². The Bertz CT molecular complexity index is 468. The third-order valence-electron chi connectivity index (χ3n) is 3.51. The van der Waals surface area contributed by atoms with Crippen LogP contribution in [0.15, 0.2) is 6.20 Å². The van der Waals surface area contributed by atoms with Crippen LogP contribution in [0.3, 0.4) is 0 Å². The molecular weight excluding hydrogens is 254 g/mol. The second kappa shape index (κ2) is 5.48. The summed E-state index contributed by atoms with van der Waals surface area (Å²) < 4.78 is 5.45. The van der Waals surface area contributed by atoms with Gasteiger partial charge in [0.1, 0.15) is 5.60 Å². The number of piperazine rings is 1. The minimum Gasteiger partial charge on any atom is -0.444 e. The first-order chi connectivity index (χ1) is 9.28. The fourth-order valence-electron chi connectivity index (χ4n) is 2.64. The zero-order valence-electron chi connectivity index (χ0n) is 13.0. The Kier molecular flexibility index (Phi) is 4.09. The van der Waals surface area contributed by atoms with E-state index in [0.717, 1.165) is 12.2 Å². The fraction of sp³-hybridized carbons (Fsp3) is 0.667. The number of aromatic amines is 1. The third-order valence-corrected chi connectivity index (χ3v) is 3.51. The van der Waals surface area contributed by atoms with Gasteiger partial charge in [-0.15, -0.1) is 0 Å². The van der Waals surface area contributed by atoms with Crippen molar-refractivity contribution >= 4 is 6.09 Å². The molecule has 0 radical (unpaired) electrons. The largest absolute Gasteiger partial charge is 0.444 e. The van der Waals surface area contributed by atoms with E-state index >= 15 is 0 Å². The molecule has 1 aliphatic heterocycles. The highest BCUT2D eigenvalue weighted by atomic mass is 16.6. The lowest BCUT2D eigenvalue weighted by molar-refractivity contribution is 0.0194. The van der Waals surface area contributed by atoms with Crippen molar-refractivity contribution < 1.29 is 9.53 Å². The highest BCUT2D eigenvalue weighted by Crippen LogP contribution is 2.24. The summed E-state index contributed by atoms with van der Waals surface area (Å²) in [6, 6.07) is 0.169. The molecule has 1 fully saturated rings. The van der Waals surface area contributed by atoms with Crippen LogP contribution in [0, 0.1) is 13.8 Å². The van der Waals surface area contributed by atoms with Crippen LogP contribution < -0.4 is 5.32 Å². The normalized spacial score (nSPS) is 20.1. The van der Waals surface area contributed by atoms with Crippen molar-refractivity contribution in [1.82, 2.24) is 15.2 Å². The van der Waals surface area contributed by atoms with Crippen molar-refractivity contribution in [2.24, 2.45) is 0 Å². The zero-order chi connectivity index (χ0) is 14.9. The fourth-order valence-corrected chi connectivity index (χ4v) is 2.64. The van der Waals surface area contributed by atoms with Crippen molar-refractivity contribution in [1.29, 1.82) is 0 Å². The van der Waals surface area contributed by atoms with Gasteiger partial charge in [0.25, 0.3) is 0 Å². The standard InChI is InChI=1S/C15H25N3O2/c1-10-8-17-11(2)13(10)12-9-18(7-6-16-12)14(19)20-15(3,4)5/h8,12,16-17H,6-7,9H2,1-5H3. The number of hydrogen-bond donors (Lipinski definition) is 2. The number of aromatic nitrogens is 1. The second-order valence-electron chi connectivity index (χ2n) is 6.44. The van der Waals surface area contributed by atoms with E-state index in [-0.39, 0.29) is 12.1 Å². The Hall–Kier alpha value is -1.49. The molecule has 112 valence electrons. The second-order valence-corrected chi connectivity index (χ2v) is 6.44. The Morgan fingerprint density at radius 2 is 2.10 bits per heavy atom. The predicted molar refractivity (Wildman–Crippen MR) is 78.8 cm³/mol. The topological polar surface area (TPSA) is 57.4 Å². The molecule has 2 heterocycles. The molecule has 1 aromatic rings. The van der Waals surface area contributed by atoms with E-state index in [1.807, 2.05) is 27.0 Å². The number of carbonyl (C=O) groups excluding carboxylic acids is 1. The zero-order valence-corrected chi connectivity index (χ0v) is 13.0. The van der Waals surface area contributed by atoms with Gasteiger partial charge in [0.15, 0.2) is 0 Å². The quantitative estimate of drug-likeness (QED) is 0.830. The van der Waals surface area contributed by atoms with Gasteiger partial charge in [0.05, 0.1) is 6.04 Å². The number of rotatable bonds is 1. The maximum Gasteiger partial charge on any atom is 0.410 e. The minimum atomic E-state index is -0.447. The van der Waals surface area contributed by atoms with Crippen LogP contribution in [0.2, 0.25) is 0 Å². The molecule has 1 unspecified atom stereocenters. The smallest absolute Gasteiger partial charge is 0.410 e. The van der Waals surface area contributed by atoms with Crippen LogP contribution in [0.25, 0.3) is 0 Å². The van der Waals surface area contributed by atoms with Crippen LogP contribution in [-0.4, -0.2) is 41.2 Å². The van der Waals surface area contributed by atoms with E-state index in [4.69, 9.17) is 4.74 Å². The summed E-state index contributed by atoms with van der Waals surface area (Å²) in [4.78, 5) is 17.2. The average molecular weight is 279 g/mol. The van der Waals surface area contributed by atoms with Gasteiger partial charge >= 0.3 is 6.09 Å². The summed E-state index contributed by atoms with van der Waals surface area (Å²) in [6.45, 7) is 12.0. The first-order valence-corrected chi connectivity index (χ1v) is 7.13. The van der Waals surface area contributed by atoms with Gasteiger partial charge < -0.3 is 19.9 Å². The van der Waals surface area contributed by atoms with Gasteiger partial charge in [-0.1, -0.05) is 0 Å². The highest BCUT2D eigenvalue weighted by molar-refractivity contribution is 5.68. The SMILES string of the molecule is Cc1c[nH]c(C)c1C1CN(C(=O)OC(C)(C)C)CCN1. The molecule has 0 bridgehead atoms. The first-order valence-electron chi connectivity index (χ1n) is 7.13. The third kappa shape index (κ3) is 3.33. The number of H-pyrrole nitrogens is 1. The molecule has 1 saturated heterocycles. The van der Waals surface area contributed by atoms with Crippen molar-refractivity contribution in [2.75, 3.05) is 19.6 Å². The molecule has 1 aliphatic rings. The van der Waals surface area contributed by atoms with Gasteiger partial charge in [0, 0.05) is 31.5 Å². The Balaban J connectivity index is 2.08. The monoisotopic (exact) mass is 279 g/mol. The molecule has 0 aromatic carbocycles. The molecule has 5 nitrogen and oxygen atoms in total. The molecule has 1 aromatic heterocycles. The van der Waals surface area contributed by atoms with Crippen LogP contribution >= 0.6 is 0 Å². The van der Waals surface area contributed by atoms with Crippen LogP contribution in [-0.2, 0) is 4.74 Å². The van der Waals surface area contributed by atoms with Crippen LogP contribution in [0.4, 0.5) is 4.79 Å². The lowest BCUT2D eigenvalue weighted by Gasteiger charge is -2.35. The van der Waals surface area contributed by atoms with E-state index in [0.29, 0.717) is 13.1 Å². The number of amides is 1. The van der Waals surface area contributed by atoms with E-state index in [1.54, 1.807) is 4.90 Å².